The quantitative estimate of drug-likeness (QED) is 0.708. The first-order valence-corrected chi connectivity index (χ1v) is 10.1. The van der Waals surface area contributed by atoms with Gasteiger partial charge < -0.3 is 25.6 Å². The van der Waals surface area contributed by atoms with Crippen LogP contribution in [0, 0.1) is 12.8 Å². The predicted octanol–water partition coefficient (Wildman–Crippen LogP) is 2.67. The van der Waals surface area contributed by atoms with Crippen LogP contribution in [0.2, 0.25) is 0 Å². The molecule has 0 saturated heterocycles. The lowest BCUT2D eigenvalue weighted by Gasteiger charge is -2.38. The molecule has 0 bridgehead atoms. The topological polar surface area (TPSA) is 108 Å². The van der Waals surface area contributed by atoms with Gasteiger partial charge in [-0.15, -0.1) is 0 Å². The summed E-state index contributed by atoms with van der Waals surface area (Å²) in [7, 11) is 1.89. The number of ether oxygens (including phenoxy) is 1. The molecule has 3 N–H and O–H groups in total. The first-order chi connectivity index (χ1) is 13.4. The molecule has 29 heavy (non-hydrogen) atoms. The normalized spacial score (nSPS) is 23.8. The minimum Gasteiger partial charge on any atom is -0.444 e. The van der Waals surface area contributed by atoms with E-state index in [1.165, 1.54) is 0 Å². The number of hydrogen-bond acceptors (Lipinski definition) is 7. The van der Waals surface area contributed by atoms with Crippen LogP contribution in [0.1, 0.15) is 53.2 Å². The van der Waals surface area contributed by atoms with E-state index < -0.39 is 5.60 Å². The van der Waals surface area contributed by atoms with Crippen LogP contribution in [0.15, 0.2) is 0 Å². The van der Waals surface area contributed by atoms with E-state index in [0.29, 0.717) is 11.6 Å². The molecule has 1 aromatic rings. The fourth-order valence-corrected chi connectivity index (χ4v) is 3.79. The molecular formula is C20H32N6O3. The highest BCUT2D eigenvalue weighted by Gasteiger charge is 2.36. The minimum absolute atomic E-state index is 0.0301. The number of amides is 2. The summed E-state index contributed by atoms with van der Waals surface area (Å²) in [6.45, 7) is 11.4. The average molecular weight is 405 g/mol. The fraction of sp³-hybridized carbons (Fsp3) is 0.700. The van der Waals surface area contributed by atoms with E-state index in [9.17, 15) is 9.59 Å². The summed E-state index contributed by atoms with van der Waals surface area (Å²) in [6.07, 6.45) is 1.17. The van der Waals surface area contributed by atoms with E-state index in [-0.39, 0.29) is 36.0 Å². The Morgan fingerprint density at radius 2 is 1.90 bits per heavy atom. The highest BCUT2D eigenvalue weighted by Crippen LogP contribution is 2.34. The van der Waals surface area contributed by atoms with E-state index in [0.717, 1.165) is 24.4 Å². The summed E-state index contributed by atoms with van der Waals surface area (Å²) in [6, 6.07) is -0.0131. The number of nitrogens with one attached hydrogen (secondary N) is 3. The van der Waals surface area contributed by atoms with Gasteiger partial charge >= 0.3 is 6.09 Å². The van der Waals surface area contributed by atoms with Crippen molar-refractivity contribution in [1.29, 1.82) is 0 Å². The average Bonchev–Trinajstić information content (AvgIpc) is 2.52. The van der Waals surface area contributed by atoms with Gasteiger partial charge in [-0.05, 0) is 46.5 Å². The lowest BCUT2D eigenvalue weighted by atomic mass is 9.87. The van der Waals surface area contributed by atoms with E-state index >= 15 is 0 Å². The Balaban J connectivity index is 1.62. The molecule has 1 saturated carbocycles. The number of carbonyl (C=O) groups excluding carboxylic acids is 2. The van der Waals surface area contributed by atoms with E-state index in [1.54, 1.807) is 0 Å². The maximum Gasteiger partial charge on any atom is 0.407 e. The molecule has 0 radical (unpaired) electrons. The molecule has 0 aromatic carbocycles. The SMILES string of the molecule is Cc1nc(N[C@H]2C[C@@H](NC(=O)OC(C)(C)C)C2)nc2c1NC(=O)[C@H](C(C)C)N2C. The molecule has 1 aliphatic carbocycles. The molecule has 1 aromatic heterocycles. The van der Waals surface area contributed by atoms with Crippen LogP contribution in [-0.2, 0) is 9.53 Å². The minimum atomic E-state index is -0.505. The van der Waals surface area contributed by atoms with Gasteiger partial charge in [-0.2, -0.15) is 4.98 Å². The summed E-state index contributed by atoms with van der Waals surface area (Å²) >= 11 is 0. The molecule has 9 nitrogen and oxygen atoms in total. The van der Waals surface area contributed by atoms with Crippen molar-refractivity contribution in [2.75, 3.05) is 22.6 Å². The third-order valence-corrected chi connectivity index (χ3v) is 5.16. The van der Waals surface area contributed by atoms with Crippen LogP contribution in [0.3, 0.4) is 0 Å². The summed E-state index contributed by atoms with van der Waals surface area (Å²) in [4.78, 5) is 35.4. The lowest BCUT2D eigenvalue weighted by molar-refractivity contribution is -0.118. The Labute approximate surface area is 172 Å². The maximum atomic E-state index is 12.4. The monoisotopic (exact) mass is 404 g/mol. The second-order valence-electron chi connectivity index (χ2n) is 9.28. The predicted molar refractivity (Wildman–Crippen MR) is 112 cm³/mol. The number of anilines is 3. The summed E-state index contributed by atoms with van der Waals surface area (Å²) in [5.74, 6) is 1.39. The van der Waals surface area contributed by atoms with Crippen molar-refractivity contribution in [2.45, 2.75) is 78.1 Å². The Morgan fingerprint density at radius 1 is 1.24 bits per heavy atom. The maximum absolute atomic E-state index is 12.4. The van der Waals surface area contributed by atoms with Crippen molar-refractivity contribution in [3.8, 4) is 0 Å². The zero-order valence-corrected chi connectivity index (χ0v) is 18.3. The molecule has 3 rings (SSSR count). The Morgan fingerprint density at radius 3 is 2.48 bits per heavy atom. The Hall–Kier alpha value is -2.58. The molecule has 1 atom stereocenters. The van der Waals surface area contributed by atoms with Gasteiger partial charge in [0, 0.05) is 19.1 Å². The number of aromatic nitrogens is 2. The summed E-state index contributed by atoms with van der Waals surface area (Å²) < 4.78 is 5.29. The smallest absolute Gasteiger partial charge is 0.407 e. The number of alkyl carbamates (subject to hydrolysis) is 1. The van der Waals surface area contributed by atoms with Crippen molar-refractivity contribution in [3.63, 3.8) is 0 Å². The fourth-order valence-electron chi connectivity index (χ4n) is 3.79. The molecule has 0 unspecified atom stereocenters. The molecule has 2 aliphatic rings. The van der Waals surface area contributed by atoms with E-state index in [1.807, 2.05) is 53.5 Å². The molecule has 9 heteroatoms. The second-order valence-corrected chi connectivity index (χ2v) is 9.28. The highest BCUT2D eigenvalue weighted by molar-refractivity contribution is 6.03. The second kappa shape index (κ2) is 7.68. The Bertz CT molecular complexity index is 798. The van der Waals surface area contributed by atoms with Crippen LogP contribution < -0.4 is 20.9 Å². The van der Waals surface area contributed by atoms with Crippen molar-refractivity contribution >= 4 is 29.5 Å². The first-order valence-electron chi connectivity index (χ1n) is 10.1. The standard InChI is InChI=1S/C20H32N6O3/c1-10(2)15-17(27)24-14-11(3)21-18(25-16(14)26(15)7)22-12-8-13(9-12)23-19(28)29-20(4,5)6/h10,12-13,15H,8-9H2,1-7H3,(H,23,28)(H,24,27)(H,21,22,25)/t12-,13+,15-/m0/s1. The molecule has 160 valence electrons. The third kappa shape index (κ3) is 4.71. The number of nitrogens with zero attached hydrogens (tertiary/aromatic N) is 3. The van der Waals surface area contributed by atoms with Crippen LogP contribution in [0.25, 0.3) is 0 Å². The first kappa shape index (κ1) is 21.1. The molecular weight excluding hydrogens is 372 g/mol. The van der Waals surface area contributed by atoms with Crippen molar-refractivity contribution in [2.24, 2.45) is 5.92 Å². The van der Waals surface area contributed by atoms with Gasteiger partial charge in [0.05, 0.1) is 5.69 Å². The highest BCUT2D eigenvalue weighted by atomic mass is 16.6. The zero-order chi connectivity index (χ0) is 21.5. The van der Waals surface area contributed by atoms with Crippen LogP contribution >= 0.6 is 0 Å². The van der Waals surface area contributed by atoms with Gasteiger partial charge in [0.1, 0.15) is 17.3 Å². The number of carbonyl (C=O) groups is 2. The van der Waals surface area contributed by atoms with Gasteiger partial charge in [-0.3, -0.25) is 4.79 Å². The van der Waals surface area contributed by atoms with E-state index in [2.05, 4.69) is 25.9 Å². The van der Waals surface area contributed by atoms with Crippen LogP contribution in [-0.4, -0.2) is 52.7 Å². The molecule has 1 aliphatic heterocycles. The number of likely N-dealkylation sites (N-methyl/N-ethyl adjacent to an activating group) is 1. The van der Waals surface area contributed by atoms with Crippen molar-refractivity contribution in [3.05, 3.63) is 5.69 Å². The van der Waals surface area contributed by atoms with Crippen molar-refractivity contribution in [1.82, 2.24) is 15.3 Å². The lowest BCUT2D eigenvalue weighted by Crippen LogP contribution is -2.51. The van der Waals surface area contributed by atoms with Gasteiger partial charge in [0.15, 0.2) is 5.82 Å². The van der Waals surface area contributed by atoms with Gasteiger partial charge in [0.25, 0.3) is 0 Å². The Kier molecular flexibility index (Phi) is 5.60. The van der Waals surface area contributed by atoms with Crippen LogP contribution in [0.4, 0.5) is 22.2 Å². The summed E-state index contributed by atoms with van der Waals surface area (Å²) in [5.41, 5.74) is 0.885. The summed E-state index contributed by atoms with van der Waals surface area (Å²) in [5, 5.41) is 9.18. The molecule has 0 spiro atoms. The zero-order valence-electron chi connectivity index (χ0n) is 18.3. The number of fused-ring (bicyclic) bond motifs is 1. The van der Waals surface area contributed by atoms with Gasteiger partial charge in [-0.25, -0.2) is 9.78 Å². The van der Waals surface area contributed by atoms with Gasteiger partial charge in [-0.1, -0.05) is 13.8 Å². The van der Waals surface area contributed by atoms with Crippen molar-refractivity contribution < 1.29 is 14.3 Å². The van der Waals surface area contributed by atoms with Gasteiger partial charge in [0.2, 0.25) is 11.9 Å². The number of aryl methyl sites for hydroxylation is 1. The largest absolute Gasteiger partial charge is 0.444 e. The molecule has 2 heterocycles. The number of hydrogen-bond donors (Lipinski definition) is 3. The third-order valence-electron chi connectivity index (χ3n) is 5.16. The molecule has 1 fully saturated rings. The number of rotatable bonds is 4. The molecule has 2 amide bonds. The van der Waals surface area contributed by atoms with Crippen LogP contribution in [0.5, 0.6) is 0 Å². The van der Waals surface area contributed by atoms with E-state index in [4.69, 9.17) is 4.74 Å².